The number of para-hydroxylation sites is 1. The number of rotatable bonds is 9. The molecule has 1 rings (SSSR count). The van der Waals surface area contributed by atoms with Gasteiger partial charge in [0.1, 0.15) is 0 Å². The van der Waals surface area contributed by atoms with Gasteiger partial charge in [-0.2, -0.15) is 0 Å². The highest BCUT2D eigenvalue weighted by Gasteiger charge is 2.13. The molecule has 0 spiro atoms. The third-order valence-corrected chi connectivity index (χ3v) is 3.33. The highest BCUT2D eigenvalue weighted by molar-refractivity contribution is 5.54. The number of hydrogen-bond acceptors (Lipinski definition) is 3. The fraction of sp³-hybridized carbons (Fsp3) is 0.647. The van der Waals surface area contributed by atoms with Gasteiger partial charge in [-0.3, -0.25) is 0 Å². The van der Waals surface area contributed by atoms with E-state index in [0.29, 0.717) is 12.0 Å². The Morgan fingerprint density at radius 2 is 1.85 bits per heavy atom. The topological polar surface area (TPSA) is 24.5 Å². The van der Waals surface area contributed by atoms with Gasteiger partial charge < -0.3 is 15.0 Å². The van der Waals surface area contributed by atoms with Crippen molar-refractivity contribution in [3.05, 3.63) is 29.8 Å². The molecular weight excluding hydrogens is 248 g/mol. The van der Waals surface area contributed by atoms with Crippen LogP contribution in [0.3, 0.4) is 0 Å². The Labute approximate surface area is 124 Å². The molecule has 0 aromatic heterocycles. The first-order valence-electron chi connectivity index (χ1n) is 7.60. The zero-order valence-electron chi connectivity index (χ0n) is 13.6. The summed E-state index contributed by atoms with van der Waals surface area (Å²) in [5.41, 5.74) is 2.67. The summed E-state index contributed by atoms with van der Waals surface area (Å²) in [6.07, 6.45) is 0. The monoisotopic (exact) mass is 278 g/mol. The molecule has 0 aliphatic carbocycles. The molecule has 0 unspecified atom stereocenters. The zero-order valence-corrected chi connectivity index (χ0v) is 13.6. The lowest BCUT2D eigenvalue weighted by molar-refractivity contribution is 0.204. The molecule has 0 atom stereocenters. The lowest BCUT2D eigenvalue weighted by Crippen LogP contribution is -2.35. The largest absolute Gasteiger partial charge is 0.383 e. The van der Waals surface area contributed by atoms with Crippen molar-refractivity contribution in [2.75, 3.05) is 31.7 Å². The van der Waals surface area contributed by atoms with E-state index < -0.39 is 0 Å². The van der Waals surface area contributed by atoms with Gasteiger partial charge in [0, 0.05) is 31.9 Å². The summed E-state index contributed by atoms with van der Waals surface area (Å²) in [7, 11) is 1.76. The Bertz CT molecular complexity index is 377. The van der Waals surface area contributed by atoms with Crippen LogP contribution in [-0.4, -0.2) is 32.8 Å². The second-order valence-electron chi connectivity index (χ2n) is 5.93. The summed E-state index contributed by atoms with van der Waals surface area (Å²) in [6, 6.07) is 9.12. The minimum absolute atomic E-state index is 0.469. The summed E-state index contributed by atoms with van der Waals surface area (Å²) < 4.78 is 5.24. The molecule has 0 bridgehead atoms. The third kappa shape index (κ3) is 5.51. The van der Waals surface area contributed by atoms with E-state index in [1.165, 1.54) is 11.3 Å². The van der Waals surface area contributed by atoms with Crippen molar-refractivity contribution in [1.29, 1.82) is 0 Å². The van der Waals surface area contributed by atoms with Crippen molar-refractivity contribution in [3.63, 3.8) is 0 Å². The van der Waals surface area contributed by atoms with Crippen molar-refractivity contribution in [2.24, 2.45) is 5.92 Å². The predicted molar refractivity (Wildman–Crippen MR) is 87.3 cm³/mol. The molecule has 0 amide bonds. The van der Waals surface area contributed by atoms with Crippen LogP contribution in [0.25, 0.3) is 0 Å². The first kappa shape index (κ1) is 17.0. The molecule has 1 aromatic carbocycles. The molecule has 0 saturated heterocycles. The van der Waals surface area contributed by atoms with Gasteiger partial charge in [0.05, 0.1) is 6.61 Å². The second kappa shape index (κ2) is 8.98. The maximum absolute atomic E-state index is 5.24. The molecule has 3 heteroatoms. The maximum Gasteiger partial charge on any atom is 0.0637 e. The summed E-state index contributed by atoms with van der Waals surface area (Å²) in [5, 5.41) is 3.53. The average Bonchev–Trinajstić information content (AvgIpc) is 2.40. The molecule has 1 N–H and O–H groups in total. The quantitative estimate of drug-likeness (QED) is 0.750. The van der Waals surface area contributed by atoms with Gasteiger partial charge in [0.2, 0.25) is 0 Å². The Morgan fingerprint density at radius 3 is 2.45 bits per heavy atom. The first-order chi connectivity index (χ1) is 9.56. The number of ether oxygens (including phenoxy) is 1. The molecule has 3 nitrogen and oxygen atoms in total. The van der Waals surface area contributed by atoms with Crippen LogP contribution < -0.4 is 10.2 Å². The Kier molecular flexibility index (Phi) is 7.63. The van der Waals surface area contributed by atoms with Crippen LogP contribution in [0.2, 0.25) is 0 Å². The lowest BCUT2D eigenvalue weighted by atomic mass is 10.1. The molecule has 0 aliphatic heterocycles. The van der Waals surface area contributed by atoms with Crippen LogP contribution in [0.1, 0.15) is 33.3 Å². The van der Waals surface area contributed by atoms with Crippen molar-refractivity contribution >= 4 is 5.69 Å². The van der Waals surface area contributed by atoms with E-state index in [1.54, 1.807) is 7.11 Å². The number of anilines is 1. The fourth-order valence-corrected chi connectivity index (χ4v) is 2.28. The highest BCUT2D eigenvalue weighted by atomic mass is 16.5. The van der Waals surface area contributed by atoms with Gasteiger partial charge in [0.25, 0.3) is 0 Å². The molecule has 20 heavy (non-hydrogen) atoms. The smallest absolute Gasteiger partial charge is 0.0637 e. The maximum atomic E-state index is 5.24. The molecule has 0 saturated carbocycles. The standard InChI is InChI=1S/C17H30N2O/c1-14(2)12-18-13-16-8-6-7-9-17(16)19(15(3)4)10-11-20-5/h6-9,14-15,18H,10-13H2,1-5H3. The number of methoxy groups -OCH3 is 1. The molecule has 0 heterocycles. The minimum atomic E-state index is 0.469. The van der Waals surface area contributed by atoms with Gasteiger partial charge in [-0.15, -0.1) is 0 Å². The van der Waals surface area contributed by atoms with Crippen molar-refractivity contribution in [3.8, 4) is 0 Å². The number of hydrogen-bond donors (Lipinski definition) is 1. The van der Waals surface area contributed by atoms with E-state index in [1.807, 2.05) is 0 Å². The Hall–Kier alpha value is -1.06. The van der Waals surface area contributed by atoms with Gasteiger partial charge >= 0.3 is 0 Å². The molecular formula is C17H30N2O. The normalized spacial score (nSPS) is 11.3. The summed E-state index contributed by atoms with van der Waals surface area (Å²) in [5.74, 6) is 0.678. The van der Waals surface area contributed by atoms with E-state index in [9.17, 15) is 0 Å². The van der Waals surface area contributed by atoms with Crippen molar-refractivity contribution in [1.82, 2.24) is 5.32 Å². The van der Waals surface area contributed by atoms with Crippen molar-refractivity contribution in [2.45, 2.75) is 40.3 Å². The van der Waals surface area contributed by atoms with Crippen LogP contribution in [0.4, 0.5) is 5.69 Å². The number of nitrogens with zero attached hydrogens (tertiary/aromatic N) is 1. The van der Waals surface area contributed by atoms with Crippen LogP contribution in [0, 0.1) is 5.92 Å². The van der Waals surface area contributed by atoms with Gasteiger partial charge in [0.15, 0.2) is 0 Å². The molecule has 0 aliphatic rings. The van der Waals surface area contributed by atoms with E-state index in [0.717, 1.165) is 26.2 Å². The molecule has 114 valence electrons. The Balaban J connectivity index is 2.80. The van der Waals surface area contributed by atoms with Crippen LogP contribution >= 0.6 is 0 Å². The van der Waals surface area contributed by atoms with Gasteiger partial charge in [-0.05, 0) is 37.9 Å². The summed E-state index contributed by atoms with van der Waals surface area (Å²) in [4.78, 5) is 2.41. The number of benzene rings is 1. The number of nitrogens with one attached hydrogen (secondary N) is 1. The summed E-state index contributed by atoms with van der Waals surface area (Å²) in [6.45, 7) is 12.6. The van der Waals surface area contributed by atoms with Crippen molar-refractivity contribution < 1.29 is 4.74 Å². The molecule has 0 fully saturated rings. The minimum Gasteiger partial charge on any atom is -0.383 e. The SMILES string of the molecule is COCCN(c1ccccc1CNCC(C)C)C(C)C. The van der Waals surface area contributed by atoms with Crippen LogP contribution in [-0.2, 0) is 11.3 Å². The zero-order chi connectivity index (χ0) is 15.0. The Morgan fingerprint density at radius 1 is 1.15 bits per heavy atom. The van der Waals surface area contributed by atoms with E-state index >= 15 is 0 Å². The average molecular weight is 278 g/mol. The molecule has 1 aromatic rings. The molecule has 0 radical (unpaired) electrons. The van der Waals surface area contributed by atoms with Gasteiger partial charge in [-0.25, -0.2) is 0 Å². The summed E-state index contributed by atoms with van der Waals surface area (Å²) >= 11 is 0. The van der Waals surface area contributed by atoms with Crippen LogP contribution in [0.5, 0.6) is 0 Å². The third-order valence-electron chi connectivity index (χ3n) is 3.33. The fourth-order valence-electron chi connectivity index (χ4n) is 2.28. The van der Waals surface area contributed by atoms with Crippen LogP contribution in [0.15, 0.2) is 24.3 Å². The predicted octanol–water partition coefficient (Wildman–Crippen LogP) is 3.29. The lowest BCUT2D eigenvalue weighted by Gasteiger charge is -2.31. The van der Waals surface area contributed by atoms with E-state index in [4.69, 9.17) is 4.74 Å². The van der Waals surface area contributed by atoms with E-state index in [2.05, 4.69) is 62.2 Å². The first-order valence-corrected chi connectivity index (χ1v) is 7.60. The van der Waals surface area contributed by atoms with Gasteiger partial charge in [-0.1, -0.05) is 32.0 Å². The van der Waals surface area contributed by atoms with E-state index in [-0.39, 0.29) is 0 Å². The highest BCUT2D eigenvalue weighted by Crippen LogP contribution is 2.22. The second-order valence-corrected chi connectivity index (χ2v) is 5.93.